The molecule has 0 spiro atoms. The van der Waals surface area contributed by atoms with E-state index >= 15 is 0 Å². The number of nitrogens with zero attached hydrogens (tertiary/aromatic N) is 1. The van der Waals surface area contributed by atoms with Crippen molar-refractivity contribution in [1.29, 1.82) is 0 Å². The molecule has 1 saturated heterocycles. The topological polar surface area (TPSA) is 65.2 Å². The largest absolute Gasteiger partial charge is 0.361 e. The van der Waals surface area contributed by atoms with Crippen LogP contribution >= 0.6 is 0 Å². The van der Waals surface area contributed by atoms with Crippen LogP contribution in [0.1, 0.15) is 31.2 Å². The Morgan fingerprint density at radius 1 is 1.11 bits per heavy atom. The van der Waals surface area contributed by atoms with Gasteiger partial charge in [0.1, 0.15) is 6.04 Å². The lowest BCUT2D eigenvalue weighted by Crippen LogP contribution is -2.52. The van der Waals surface area contributed by atoms with Gasteiger partial charge in [-0.25, -0.2) is 0 Å². The SMILES string of the molecule is O=C(CCCc1c[nH]c2ccccc12)NC1CCCN(c2ccccc2)C1=O. The third kappa shape index (κ3) is 3.93. The predicted octanol–water partition coefficient (Wildman–Crippen LogP) is 3.80. The molecule has 1 aromatic heterocycles. The van der Waals surface area contributed by atoms with Gasteiger partial charge in [-0.15, -0.1) is 0 Å². The van der Waals surface area contributed by atoms with Gasteiger partial charge in [0.25, 0.3) is 0 Å². The number of anilines is 1. The lowest BCUT2D eigenvalue weighted by molar-refractivity contribution is -0.128. The Morgan fingerprint density at radius 2 is 1.89 bits per heavy atom. The lowest BCUT2D eigenvalue weighted by atomic mass is 10.0. The monoisotopic (exact) mass is 375 g/mol. The normalized spacial score (nSPS) is 17.1. The third-order valence-electron chi connectivity index (χ3n) is 5.37. The number of aromatic amines is 1. The first kappa shape index (κ1) is 18.3. The fraction of sp³-hybridized carbons (Fsp3) is 0.304. The van der Waals surface area contributed by atoms with E-state index in [1.54, 1.807) is 4.90 Å². The molecule has 3 aromatic rings. The van der Waals surface area contributed by atoms with Crippen LogP contribution in [0.5, 0.6) is 0 Å². The molecule has 2 amide bonds. The molecule has 0 bridgehead atoms. The minimum Gasteiger partial charge on any atom is -0.361 e. The quantitative estimate of drug-likeness (QED) is 0.688. The highest BCUT2D eigenvalue weighted by Crippen LogP contribution is 2.21. The van der Waals surface area contributed by atoms with Gasteiger partial charge < -0.3 is 15.2 Å². The summed E-state index contributed by atoms with van der Waals surface area (Å²) in [5, 5.41) is 4.16. The number of para-hydroxylation sites is 2. The maximum atomic E-state index is 12.8. The highest BCUT2D eigenvalue weighted by atomic mass is 16.2. The van der Waals surface area contributed by atoms with Gasteiger partial charge in [0.05, 0.1) is 0 Å². The van der Waals surface area contributed by atoms with Crippen molar-refractivity contribution in [3.8, 4) is 0 Å². The Kier molecular flexibility index (Phi) is 5.42. The van der Waals surface area contributed by atoms with E-state index in [2.05, 4.69) is 22.4 Å². The van der Waals surface area contributed by atoms with E-state index in [-0.39, 0.29) is 11.8 Å². The summed E-state index contributed by atoms with van der Waals surface area (Å²) in [4.78, 5) is 30.2. The van der Waals surface area contributed by atoms with E-state index in [1.807, 2.05) is 48.7 Å². The Bertz CT molecular complexity index is 964. The molecule has 0 radical (unpaired) electrons. The average Bonchev–Trinajstić information content (AvgIpc) is 3.13. The summed E-state index contributed by atoms with van der Waals surface area (Å²) in [5.74, 6) is -0.0597. The third-order valence-corrected chi connectivity index (χ3v) is 5.37. The van der Waals surface area contributed by atoms with Gasteiger partial charge in [-0.3, -0.25) is 9.59 Å². The molecule has 5 nitrogen and oxygen atoms in total. The fourth-order valence-corrected chi connectivity index (χ4v) is 3.92. The summed E-state index contributed by atoms with van der Waals surface area (Å²) < 4.78 is 0. The summed E-state index contributed by atoms with van der Waals surface area (Å²) >= 11 is 0. The van der Waals surface area contributed by atoms with Crippen molar-refractivity contribution in [2.45, 2.75) is 38.1 Å². The van der Waals surface area contributed by atoms with Crippen LogP contribution in [0.15, 0.2) is 60.8 Å². The number of piperidine rings is 1. The van der Waals surface area contributed by atoms with Gasteiger partial charge in [0.15, 0.2) is 0 Å². The first-order valence-electron chi connectivity index (χ1n) is 9.93. The number of H-pyrrole nitrogens is 1. The first-order chi connectivity index (χ1) is 13.7. The van der Waals surface area contributed by atoms with Crippen LogP contribution in [0, 0.1) is 0 Å². The van der Waals surface area contributed by atoms with E-state index in [0.29, 0.717) is 19.4 Å². The van der Waals surface area contributed by atoms with E-state index in [1.165, 1.54) is 10.9 Å². The maximum absolute atomic E-state index is 12.8. The number of amides is 2. The number of nitrogens with one attached hydrogen (secondary N) is 2. The van der Waals surface area contributed by atoms with Gasteiger partial charge in [0, 0.05) is 35.8 Å². The molecule has 1 fully saturated rings. The van der Waals surface area contributed by atoms with Crippen molar-refractivity contribution in [3.05, 3.63) is 66.4 Å². The van der Waals surface area contributed by atoms with Crippen LogP contribution in [0.25, 0.3) is 10.9 Å². The molecule has 1 atom stereocenters. The van der Waals surface area contributed by atoms with Crippen LogP contribution in [0.3, 0.4) is 0 Å². The summed E-state index contributed by atoms with van der Waals surface area (Å²) in [5.41, 5.74) is 3.24. The average molecular weight is 375 g/mol. The van der Waals surface area contributed by atoms with E-state index in [9.17, 15) is 9.59 Å². The van der Waals surface area contributed by atoms with Crippen molar-refractivity contribution in [2.75, 3.05) is 11.4 Å². The number of hydrogen-bond donors (Lipinski definition) is 2. The molecule has 5 heteroatoms. The standard InChI is InChI=1S/C23H25N3O2/c27-22(14-6-8-17-16-24-20-12-5-4-11-19(17)20)25-21-13-7-15-26(23(21)28)18-9-2-1-3-10-18/h1-5,9-12,16,21,24H,6-8,13-15H2,(H,25,27). The number of rotatable bonds is 6. The molecular weight excluding hydrogens is 350 g/mol. The fourth-order valence-electron chi connectivity index (χ4n) is 3.92. The number of carbonyl (C=O) groups excluding carboxylic acids is 2. The van der Waals surface area contributed by atoms with E-state index in [4.69, 9.17) is 0 Å². The predicted molar refractivity (Wildman–Crippen MR) is 111 cm³/mol. The van der Waals surface area contributed by atoms with Crippen molar-refractivity contribution >= 4 is 28.4 Å². The molecule has 2 N–H and O–H groups in total. The van der Waals surface area contributed by atoms with Crippen LogP contribution in [-0.4, -0.2) is 29.4 Å². The molecule has 144 valence electrons. The van der Waals surface area contributed by atoms with E-state index in [0.717, 1.165) is 30.5 Å². The maximum Gasteiger partial charge on any atom is 0.249 e. The number of benzene rings is 2. The minimum atomic E-state index is -0.422. The molecule has 1 aliphatic rings. The molecular formula is C23H25N3O2. The second kappa shape index (κ2) is 8.30. The zero-order valence-corrected chi connectivity index (χ0v) is 15.9. The summed E-state index contributed by atoms with van der Waals surface area (Å²) in [6.45, 7) is 0.704. The Hall–Kier alpha value is -3.08. The lowest BCUT2D eigenvalue weighted by Gasteiger charge is -2.32. The summed E-state index contributed by atoms with van der Waals surface area (Å²) in [7, 11) is 0. The van der Waals surface area contributed by atoms with Crippen molar-refractivity contribution in [3.63, 3.8) is 0 Å². The number of fused-ring (bicyclic) bond motifs is 1. The van der Waals surface area contributed by atoms with Gasteiger partial charge in [-0.1, -0.05) is 36.4 Å². The van der Waals surface area contributed by atoms with Crippen LogP contribution in [-0.2, 0) is 16.0 Å². The zero-order chi connectivity index (χ0) is 19.3. The molecule has 0 aliphatic carbocycles. The molecule has 4 rings (SSSR count). The molecule has 2 heterocycles. The van der Waals surface area contributed by atoms with E-state index < -0.39 is 6.04 Å². The van der Waals surface area contributed by atoms with Crippen LogP contribution in [0.4, 0.5) is 5.69 Å². The molecule has 0 saturated carbocycles. The Labute approximate surface area is 164 Å². The van der Waals surface area contributed by atoms with Gasteiger partial charge in [0.2, 0.25) is 11.8 Å². The van der Waals surface area contributed by atoms with Gasteiger partial charge in [-0.2, -0.15) is 0 Å². The van der Waals surface area contributed by atoms with Crippen molar-refractivity contribution < 1.29 is 9.59 Å². The first-order valence-corrected chi connectivity index (χ1v) is 9.93. The molecule has 1 aliphatic heterocycles. The second-order valence-corrected chi connectivity index (χ2v) is 7.30. The molecule has 1 unspecified atom stereocenters. The summed E-state index contributed by atoms with van der Waals surface area (Å²) in [6.07, 6.45) is 5.64. The van der Waals surface area contributed by atoms with Crippen LogP contribution in [0.2, 0.25) is 0 Å². The number of aromatic nitrogens is 1. The molecule has 28 heavy (non-hydrogen) atoms. The zero-order valence-electron chi connectivity index (χ0n) is 15.9. The van der Waals surface area contributed by atoms with Crippen LogP contribution < -0.4 is 10.2 Å². The Morgan fingerprint density at radius 3 is 2.75 bits per heavy atom. The number of aryl methyl sites for hydroxylation is 1. The van der Waals surface area contributed by atoms with Crippen molar-refractivity contribution in [2.24, 2.45) is 0 Å². The highest BCUT2D eigenvalue weighted by Gasteiger charge is 2.30. The summed E-state index contributed by atoms with van der Waals surface area (Å²) in [6, 6.07) is 17.4. The van der Waals surface area contributed by atoms with Gasteiger partial charge in [-0.05, 0) is 49.4 Å². The molecule has 2 aromatic carbocycles. The van der Waals surface area contributed by atoms with Crippen molar-refractivity contribution in [1.82, 2.24) is 10.3 Å². The highest BCUT2D eigenvalue weighted by molar-refractivity contribution is 5.99. The minimum absolute atomic E-state index is 0.0116. The number of hydrogen-bond acceptors (Lipinski definition) is 2. The second-order valence-electron chi connectivity index (χ2n) is 7.30. The smallest absolute Gasteiger partial charge is 0.249 e. The van der Waals surface area contributed by atoms with Gasteiger partial charge >= 0.3 is 0 Å². The Balaban J connectivity index is 1.30. The number of carbonyl (C=O) groups is 2.